The second-order valence-electron chi connectivity index (χ2n) is 4.81. The Labute approximate surface area is 115 Å². The Morgan fingerprint density at radius 1 is 1.21 bits per heavy atom. The zero-order chi connectivity index (χ0) is 14.3. The van der Waals surface area contributed by atoms with Crippen molar-refractivity contribution >= 4 is 10.0 Å². The summed E-state index contributed by atoms with van der Waals surface area (Å²) in [5.74, 6) is 0. The van der Waals surface area contributed by atoms with Gasteiger partial charge in [0.25, 0.3) is 10.0 Å². The van der Waals surface area contributed by atoms with Crippen LogP contribution in [0, 0.1) is 0 Å². The third-order valence-electron chi connectivity index (χ3n) is 2.98. The van der Waals surface area contributed by atoms with Crippen molar-refractivity contribution in [1.29, 1.82) is 0 Å². The molecule has 0 bridgehead atoms. The number of unbranched alkanes of at least 4 members (excludes halogenated alkanes) is 4. The number of H-pyrrole nitrogens is 1. The Morgan fingerprint density at radius 3 is 2.47 bits per heavy atom. The van der Waals surface area contributed by atoms with Crippen LogP contribution in [0.25, 0.3) is 0 Å². The third kappa shape index (κ3) is 4.93. The fourth-order valence-electron chi connectivity index (χ4n) is 1.76. The Bertz CT molecular complexity index is 468. The number of rotatable bonds is 9. The summed E-state index contributed by atoms with van der Waals surface area (Å²) in [6, 6.07) is 0. The van der Waals surface area contributed by atoms with Crippen molar-refractivity contribution in [1.82, 2.24) is 14.3 Å². The first-order valence-electron chi connectivity index (χ1n) is 6.65. The van der Waals surface area contributed by atoms with Crippen molar-refractivity contribution in [3.05, 3.63) is 11.9 Å². The Morgan fingerprint density at radius 2 is 1.84 bits per heavy atom. The molecule has 0 saturated carbocycles. The molecule has 0 spiro atoms. The molecule has 0 saturated heterocycles. The van der Waals surface area contributed by atoms with Gasteiger partial charge in [-0.2, -0.15) is 0 Å². The average Bonchev–Trinajstić information content (AvgIpc) is 2.82. The quantitative estimate of drug-likeness (QED) is 0.666. The average molecular weight is 288 g/mol. The lowest BCUT2D eigenvalue weighted by molar-refractivity contribution is 0.513. The molecule has 3 N–H and O–H groups in total. The first-order valence-corrected chi connectivity index (χ1v) is 8.09. The maximum atomic E-state index is 11.8. The van der Waals surface area contributed by atoms with E-state index >= 15 is 0 Å². The molecule has 1 aromatic heterocycles. The predicted molar refractivity (Wildman–Crippen MR) is 75.3 cm³/mol. The SMILES string of the molecule is CN(C)S(=O)(=O)c1ncc(CCCCCCCN)[nH]1. The lowest BCUT2D eigenvalue weighted by Crippen LogP contribution is -2.23. The molecule has 0 amide bonds. The summed E-state index contributed by atoms with van der Waals surface area (Å²) in [7, 11) is -0.456. The van der Waals surface area contributed by atoms with Crippen LogP contribution in [0.1, 0.15) is 37.8 Å². The zero-order valence-corrected chi connectivity index (χ0v) is 12.5. The molecule has 6 nitrogen and oxygen atoms in total. The van der Waals surface area contributed by atoms with Gasteiger partial charge in [0.05, 0.1) is 0 Å². The van der Waals surface area contributed by atoms with Crippen LogP contribution in [-0.4, -0.2) is 43.3 Å². The van der Waals surface area contributed by atoms with Crippen LogP contribution in [0.2, 0.25) is 0 Å². The van der Waals surface area contributed by atoms with Crippen molar-refractivity contribution < 1.29 is 8.42 Å². The summed E-state index contributed by atoms with van der Waals surface area (Å²) in [6.07, 6.45) is 8.03. The molecule has 1 aromatic rings. The van der Waals surface area contributed by atoms with E-state index in [-0.39, 0.29) is 5.16 Å². The van der Waals surface area contributed by atoms with Gasteiger partial charge in [-0.15, -0.1) is 0 Å². The second-order valence-corrected chi connectivity index (χ2v) is 6.87. The Balaban J connectivity index is 2.40. The fraction of sp³-hybridized carbons (Fsp3) is 0.750. The number of imidazole rings is 1. The summed E-state index contributed by atoms with van der Waals surface area (Å²) >= 11 is 0. The number of sulfonamides is 1. The molecule has 1 rings (SSSR count). The van der Waals surface area contributed by atoms with Crippen LogP contribution >= 0.6 is 0 Å². The van der Waals surface area contributed by atoms with E-state index in [1.165, 1.54) is 26.9 Å². The monoisotopic (exact) mass is 288 g/mol. The van der Waals surface area contributed by atoms with Gasteiger partial charge in [0.2, 0.25) is 5.16 Å². The number of aromatic nitrogens is 2. The molecule has 0 aliphatic carbocycles. The molecule has 0 aliphatic heterocycles. The van der Waals surface area contributed by atoms with Crippen molar-refractivity contribution in [2.45, 2.75) is 43.7 Å². The highest BCUT2D eigenvalue weighted by molar-refractivity contribution is 7.88. The largest absolute Gasteiger partial charge is 0.332 e. The van der Waals surface area contributed by atoms with Crippen molar-refractivity contribution in [2.24, 2.45) is 5.73 Å². The second kappa shape index (κ2) is 7.62. The minimum atomic E-state index is -3.45. The van der Waals surface area contributed by atoms with E-state index in [4.69, 9.17) is 5.73 Å². The number of nitrogens with one attached hydrogen (secondary N) is 1. The molecular formula is C12H24N4O2S. The highest BCUT2D eigenvalue weighted by Crippen LogP contribution is 2.11. The fourth-order valence-corrected chi connectivity index (χ4v) is 2.55. The van der Waals surface area contributed by atoms with Crippen molar-refractivity contribution in [3.63, 3.8) is 0 Å². The van der Waals surface area contributed by atoms with Crippen molar-refractivity contribution in [3.8, 4) is 0 Å². The number of hydrogen-bond donors (Lipinski definition) is 2. The van der Waals surface area contributed by atoms with Gasteiger partial charge in [-0.3, -0.25) is 0 Å². The molecule has 0 aromatic carbocycles. The van der Waals surface area contributed by atoms with Crippen LogP contribution in [0.15, 0.2) is 11.4 Å². The highest BCUT2D eigenvalue weighted by atomic mass is 32.2. The van der Waals surface area contributed by atoms with Gasteiger partial charge >= 0.3 is 0 Å². The van der Waals surface area contributed by atoms with Crippen LogP contribution in [0.3, 0.4) is 0 Å². The number of hydrogen-bond acceptors (Lipinski definition) is 4. The first-order chi connectivity index (χ1) is 8.98. The smallest absolute Gasteiger partial charge is 0.276 e. The molecular weight excluding hydrogens is 264 g/mol. The van der Waals surface area contributed by atoms with Gasteiger partial charge in [0.1, 0.15) is 0 Å². The van der Waals surface area contributed by atoms with Crippen LogP contribution in [0.4, 0.5) is 0 Å². The Hall–Kier alpha value is -0.920. The molecule has 1 heterocycles. The van der Waals surface area contributed by atoms with E-state index in [2.05, 4.69) is 9.97 Å². The lowest BCUT2D eigenvalue weighted by Gasteiger charge is -2.07. The van der Waals surface area contributed by atoms with Gasteiger partial charge in [-0.1, -0.05) is 19.3 Å². The topological polar surface area (TPSA) is 92.1 Å². The van der Waals surface area contributed by atoms with Gasteiger partial charge < -0.3 is 10.7 Å². The van der Waals surface area contributed by atoms with Crippen LogP contribution < -0.4 is 5.73 Å². The van der Waals surface area contributed by atoms with E-state index < -0.39 is 10.0 Å². The van der Waals surface area contributed by atoms with Gasteiger partial charge in [0, 0.05) is 26.0 Å². The van der Waals surface area contributed by atoms with E-state index in [1.54, 1.807) is 6.20 Å². The number of nitrogens with zero attached hydrogens (tertiary/aromatic N) is 2. The van der Waals surface area contributed by atoms with Gasteiger partial charge in [0.15, 0.2) is 0 Å². The van der Waals surface area contributed by atoms with Crippen LogP contribution in [-0.2, 0) is 16.4 Å². The molecule has 0 unspecified atom stereocenters. The molecule has 0 atom stereocenters. The van der Waals surface area contributed by atoms with E-state index in [0.717, 1.165) is 42.2 Å². The zero-order valence-electron chi connectivity index (χ0n) is 11.7. The molecule has 7 heteroatoms. The Kier molecular flexibility index (Phi) is 6.47. The van der Waals surface area contributed by atoms with E-state index in [0.29, 0.717) is 0 Å². The predicted octanol–water partition coefficient (Wildman–Crippen LogP) is 1.11. The number of aromatic amines is 1. The summed E-state index contributed by atoms with van der Waals surface area (Å²) < 4.78 is 24.8. The van der Waals surface area contributed by atoms with Gasteiger partial charge in [-0.25, -0.2) is 17.7 Å². The summed E-state index contributed by atoms with van der Waals surface area (Å²) in [5, 5.41) is 0.0237. The molecule has 0 radical (unpaired) electrons. The van der Waals surface area contributed by atoms with Crippen LogP contribution in [0.5, 0.6) is 0 Å². The molecule has 0 aliphatic rings. The minimum Gasteiger partial charge on any atom is -0.332 e. The summed E-state index contributed by atoms with van der Waals surface area (Å²) in [6.45, 7) is 0.756. The minimum absolute atomic E-state index is 0.0237. The molecule has 19 heavy (non-hydrogen) atoms. The number of aryl methyl sites for hydroxylation is 1. The standard InChI is InChI=1S/C12H24N4O2S/c1-16(2)19(17,18)12-14-10-11(15-12)8-6-4-3-5-7-9-13/h10H,3-9,13H2,1-2H3,(H,14,15). The lowest BCUT2D eigenvalue weighted by atomic mass is 10.1. The third-order valence-corrected chi connectivity index (χ3v) is 4.64. The van der Waals surface area contributed by atoms with Gasteiger partial charge in [-0.05, 0) is 25.8 Å². The van der Waals surface area contributed by atoms with Crippen molar-refractivity contribution in [2.75, 3.05) is 20.6 Å². The molecule has 0 fully saturated rings. The highest BCUT2D eigenvalue weighted by Gasteiger charge is 2.20. The maximum absolute atomic E-state index is 11.8. The number of nitrogens with two attached hydrogens (primary N) is 1. The normalized spacial score (nSPS) is 12.2. The first kappa shape index (κ1) is 16.1. The molecule has 110 valence electrons. The summed E-state index contributed by atoms with van der Waals surface area (Å²) in [4.78, 5) is 6.81. The van der Waals surface area contributed by atoms with E-state index in [1.807, 2.05) is 0 Å². The maximum Gasteiger partial charge on any atom is 0.276 e. The van der Waals surface area contributed by atoms with E-state index in [9.17, 15) is 8.42 Å². The summed E-state index contributed by atoms with van der Waals surface area (Å²) in [5.41, 5.74) is 6.30.